The molecule has 194 valence electrons. The molecule has 0 aliphatic rings. The lowest BCUT2D eigenvalue weighted by Crippen LogP contribution is -2.43. The molecule has 0 bridgehead atoms. The lowest BCUT2D eigenvalue weighted by molar-refractivity contribution is -0.138. The Hall–Kier alpha value is -3.21. The van der Waals surface area contributed by atoms with Gasteiger partial charge in [0.2, 0.25) is 5.91 Å². The molecule has 0 saturated heterocycles. The Balaban J connectivity index is 1.88. The predicted molar refractivity (Wildman–Crippen MR) is 122 cm³/mol. The lowest BCUT2D eigenvalue weighted by Gasteiger charge is -2.27. The predicted octanol–water partition coefficient (Wildman–Crippen LogP) is 5.99. The Bertz CT molecular complexity index is 1290. The van der Waals surface area contributed by atoms with Crippen LogP contribution in [0, 0.1) is 0 Å². The van der Waals surface area contributed by atoms with E-state index in [1.54, 1.807) is 0 Å². The Kier molecular flexibility index (Phi) is 7.64. The third kappa shape index (κ3) is 6.71. The van der Waals surface area contributed by atoms with Crippen LogP contribution in [0.4, 0.5) is 26.3 Å². The summed E-state index contributed by atoms with van der Waals surface area (Å²) in [6, 6.07) is 10.5. The minimum Gasteiger partial charge on any atom is -0.346 e. The number of carbonyl (C=O) groups is 1. The van der Waals surface area contributed by atoms with Gasteiger partial charge in [0, 0.05) is 17.8 Å². The number of hydrogen-bond acceptors (Lipinski definition) is 2. The van der Waals surface area contributed by atoms with E-state index in [9.17, 15) is 35.9 Å². The van der Waals surface area contributed by atoms with Crippen molar-refractivity contribution in [2.75, 3.05) is 0 Å². The first kappa shape index (κ1) is 27.4. The third-order valence-corrected chi connectivity index (χ3v) is 5.73. The van der Waals surface area contributed by atoms with Gasteiger partial charge in [0.25, 0.3) is 0 Å². The molecule has 1 amide bonds. The summed E-state index contributed by atoms with van der Waals surface area (Å²) in [5.74, 6) is -0.713. The molecular weight excluding hydrogens is 512 g/mol. The monoisotopic (exact) mass is 533 g/mol. The quantitative estimate of drug-likeness (QED) is 0.379. The van der Waals surface area contributed by atoms with Crippen molar-refractivity contribution in [1.29, 1.82) is 0 Å². The molecule has 0 aliphatic carbocycles. The summed E-state index contributed by atoms with van der Waals surface area (Å²) >= 11 is 5.87. The summed E-state index contributed by atoms with van der Waals surface area (Å²) in [5, 5.41) is 2.97. The fraction of sp³-hybridized carbons (Fsp3) is 0.333. The molecule has 0 spiro atoms. The number of amides is 1. The van der Waals surface area contributed by atoms with Gasteiger partial charge in [-0.25, -0.2) is 4.79 Å². The van der Waals surface area contributed by atoms with Crippen molar-refractivity contribution in [1.82, 2.24) is 14.5 Å². The van der Waals surface area contributed by atoms with Crippen LogP contribution in [0.5, 0.6) is 0 Å². The van der Waals surface area contributed by atoms with Crippen LogP contribution >= 0.6 is 11.6 Å². The number of aromatic nitrogens is 2. The molecule has 1 N–H and O–H groups in total. The number of halogens is 7. The summed E-state index contributed by atoms with van der Waals surface area (Å²) in [5.41, 5.74) is -2.19. The average molecular weight is 534 g/mol. The molecular formula is C24H22ClF6N3O2. The van der Waals surface area contributed by atoms with Crippen molar-refractivity contribution in [3.63, 3.8) is 0 Å². The molecule has 5 nitrogen and oxygen atoms in total. The van der Waals surface area contributed by atoms with Crippen molar-refractivity contribution in [2.45, 2.75) is 51.2 Å². The highest BCUT2D eigenvalue weighted by Gasteiger charge is 2.33. The van der Waals surface area contributed by atoms with Gasteiger partial charge in [-0.05, 0) is 49.2 Å². The second kappa shape index (κ2) is 10.0. The number of hydrogen-bond donors (Lipinski definition) is 1. The van der Waals surface area contributed by atoms with Crippen LogP contribution in [-0.4, -0.2) is 21.2 Å². The normalized spacial score (nSPS) is 12.6. The number of imidazole rings is 1. The minimum atomic E-state index is -4.57. The maximum Gasteiger partial charge on any atom is 0.416 e. The van der Waals surface area contributed by atoms with Gasteiger partial charge in [-0.1, -0.05) is 35.9 Å². The van der Waals surface area contributed by atoms with Crippen LogP contribution in [-0.2, 0) is 29.6 Å². The first-order valence-corrected chi connectivity index (χ1v) is 11.1. The molecule has 1 heterocycles. The fourth-order valence-electron chi connectivity index (χ4n) is 3.65. The number of nitrogens with zero attached hydrogens (tertiary/aromatic N) is 2. The number of rotatable bonds is 7. The number of alkyl halides is 6. The van der Waals surface area contributed by atoms with E-state index in [-0.39, 0.29) is 11.3 Å². The molecule has 1 aromatic heterocycles. The molecule has 0 saturated carbocycles. The molecule has 3 rings (SSSR count). The highest BCUT2D eigenvalue weighted by Crippen LogP contribution is 2.32. The molecule has 36 heavy (non-hydrogen) atoms. The van der Waals surface area contributed by atoms with Crippen LogP contribution < -0.4 is 11.0 Å². The number of benzene rings is 2. The third-order valence-electron chi connectivity index (χ3n) is 5.48. The largest absolute Gasteiger partial charge is 0.416 e. The van der Waals surface area contributed by atoms with Gasteiger partial charge in [0.05, 0.1) is 23.2 Å². The minimum absolute atomic E-state index is 0.158. The van der Waals surface area contributed by atoms with Gasteiger partial charge in [-0.3, -0.25) is 13.9 Å². The number of carbonyl (C=O) groups excluding carboxylic acids is 1. The van der Waals surface area contributed by atoms with Crippen LogP contribution in [0.25, 0.3) is 11.3 Å². The average Bonchev–Trinajstić information content (AvgIpc) is 3.06. The van der Waals surface area contributed by atoms with E-state index in [2.05, 4.69) is 5.32 Å². The summed E-state index contributed by atoms with van der Waals surface area (Å²) in [7, 11) is 0. The Morgan fingerprint density at radius 1 is 0.972 bits per heavy atom. The second-order valence-corrected chi connectivity index (χ2v) is 9.14. The SMILES string of the molecule is CC(C)(NC(=O)Cn1cc(-c2ccc(Cl)cc2)n(CCC(F)(F)F)c1=O)c1cccc(C(F)(F)F)c1. The molecule has 2 aromatic carbocycles. The lowest BCUT2D eigenvalue weighted by atomic mass is 9.92. The van der Waals surface area contributed by atoms with Gasteiger partial charge in [0.1, 0.15) is 6.54 Å². The topological polar surface area (TPSA) is 56.0 Å². The Morgan fingerprint density at radius 3 is 2.17 bits per heavy atom. The molecule has 3 aromatic rings. The molecule has 12 heteroatoms. The molecule has 0 fully saturated rings. The summed E-state index contributed by atoms with van der Waals surface area (Å²) in [6.45, 7) is 1.78. The Morgan fingerprint density at radius 2 is 1.58 bits per heavy atom. The van der Waals surface area contributed by atoms with Crippen LogP contribution in [0.1, 0.15) is 31.4 Å². The van der Waals surface area contributed by atoms with E-state index in [1.807, 2.05) is 0 Å². The number of nitrogens with one attached hydrogen (secondary N) is 1. The molecule has 0 atom stereocenters. The Labute approximate surface area is 207 Å². The standard InChI is InChI=1S/C24H22ClF6N3O2/c1-22(2,16-4-3-5-17(12-16)24(29,30)31)32-20(35)14-33-13-19(15-6-8-18(25)9-7-15)34(21(33)36)11-10-23(26,27)28/h3-9,12-13H,10-11,14H2,1-2H3,(H,32,35). The maximum atomic E-state index is 13.1. The summed E-state index contributed by atoms with van der Waals surface area (Å²) < 4.78 is 79.7. The van der Waals surface area contributed by atoms with E-state index in [1.165, 1.54) is 56.4 Å². The van der Waals surface area contributed by atoms with Crippen molar-refractivity contribution in [2.24, 2.45) is 0 Å². The first-order chi connectivity index (χ1) is 16.6. The van der Waals surface area contributed by atoms with Crippen molar-refractivity contribution in [3.8, 4) is 11.3 Å². The summed E-state index contributed by atoms with van der Waals surface area (Å²) in [4.78, 5) is 25.7. The van der Waals surface area contributed by atoms with Crippen molar-refractivity contribution >= 4 is 17.5 Å². The molecule has 0 unspecified atom stereocenters. The first-order valence-electron chi connectivity index (χ1n) is 10.7. The zero-order valence-corrected chi connectivity index (χ0v) is 19.9. The highest BCUT2D eigenvalue weighted by atomic mass is 35.5. The van der Waals surface area contributed by atoms with Crippen LogP contribution in [0.3, 0.4) is 0 Å². The second-order valence-electron chi connectivity index (χ2n) is 8.70. The van der Waals surface area contributed by atoms with Crippen molar-refractivity contribution in [3.05, 3.63) is 81.4 Å². The van der Waals surface area contributed by atoms with Gasteiger partial charge in [-0.2, -0.15) is 26.3 Å². The fourth-order valence-corrected chi connectivity index (χ4v) is 3.77. The van der Waals surface area contributed by atoms with Gasteiger partial charge in [0.15, 0.2) is 0 Å². The van der Waals surface area contributed by atoms with Crippen LogP contribution in [0.15, 0.2) is 59.5 Å². The van der Waals surface area contributed by atoms with Gasteiger partial charge >= 0.3 is 18.0 Å². The zero-order chi connectivity index (χ0) is 26.9. The van der Waals surface area contributed by atoms with Gasteiger partial charge < -0.3 is 5.32 Å². The molecule has 0 radical (unpaired) electrons. The van der Waals surface area contributed by atoms with Crippen molar-refractivity contribution < 1.29 is 31.1 Å². The van der Waals surface area contributed by atoms with E-state index in [0.717, 1.165) is 21.3 Å². The van der Waals surface area contributed by atoms with E-state index in [4.69, 9.17) is 11.6 Å². The van der Waals surface area contributed by atoms with E-state index >= 15 is 0 Å². The van der Waals surface area contributed by atoms with Gasteiger partial charge in [-0.15, -0.1) is 0 Å². The van der Waals surface area contributed by atoms with E-state index in [0.29, 0.717) is 10.6 Å². The summed E-state index contributed by atoms with van der Waals surface area (Å²) in [6.07, 6.45) is -9.07. The molecule has 0 aliphatic heterocycles. The maximum absolute atomic E-state index is 13.1. The van der Waals surface area contributed by atoms with Crippen LogP contribution in [0.2, 0.25) is 5.02 Å². The highest BCUT2D eigenvalue weighted by molar-refractivity contribution is 6.30. The van der Waals surface area contributed by atoms with E-state index < -0.39 is 54.6 Å². The smallest absolute Gasteiger partial charge is 0.346 e. The zero-order valence-electron chi connectivity index (χ0n) is 19.2.